The van der Waals surface area contributed by atoms with Crippen molar-refractivity contribution in [2.45, 2.75) is 32.5 Å². The SMILES string of the molecule is Cc1ccccc1-n1ncc(C(=O)NC2CCNCC2C)c1C(F)(F)F. The summed E-state index contributed by atoms with van der Waals surface area (Å²) in [5.74, 6) is -0.593. The average Bonchev–Trinajstić information content (AvgIpc) is 3.02. The Morgan fingerprint density at radius 2 is 2.08 bits per heavy atom. The van der Waals surface area contributed by atoms with E-state index in [1.807, 2.05) is 6.92 Å². The van der Waals surface area contributed by atoms with Gasteiger partial charge in [-0.2, -0.15) is 18.3 Å². The zero-order chi connectivity index (χ0) is 18.9. The third-order valence-electron chi connectivity index (χ3n) is 4.73. The molecule has 26 heavy (non-hydrogen) atoms. The van der Waals surface area contributed by atoms with E-state index in [2.05, 4.69) is 15.7 Å². The van der Waals surface area contributed by atoms with Gasteiger partial charge in [0.25, 0.3) is 5.91 Å². The second kappa shape index (κ2) is 7.11. The molecule has 1 aromatic heterocycles. The van der Waals surface area contributed by atoms with Crippen LogP contribution in [-0.4, -0.2) is 34.8 Å². The van der Waals surface area contributed by atoms with E-state index in [1.54, 1.807) is 31.2 Å². The second-order valence-corrected chi connectivity index (χ2v) is 6.65. The van der Waals surface area contributed by atoms with Crippen LogP contribution in [0.1, 0.15) is 35.0 Å². The molecule has 1 aliphatic heterocycles. The van der Waals surface area contributed by atoms with Gasteiger partial charge in [0.1, 0.15) is 0 Å². The molecule has 1 saturated heterocycles. The van der Waals surface area contributed by atoms with Crippen molar-refractivity contribution < 1.29 is 18.0 Å². The summed E-state index contributed by atoms with van der Waals surface area (Å²) in [4.78, 5) is 12.6. The van der Waals surface area contributed by atoms with Gasteiger partial charge in [-0.3, -0.25) is 4.79 Å². The Bertz CT molecular complexity index is 800. The average molecular weight is 366 g/mol. The minimum absolute atomic E-state index is 0.147. The van der Waals surface area contributed by atoms with Gasteiger partial charge in [0.2, 0.25) is 0 Å². The zero-order valence-electron chi connectivity index (χ0n) is 14.6. The number of aryl methyl sites for hydroxylation is 1. The van der Waals surface area contributed by atoms with Crippen molar-refractivity contribution >= 4 is 5.91 Å². The quantitative estimate of drug-likeness (QED) is 0.878. The number of nitrogens with one attached hydrogen (secondary N) is 2. The van der Waals surface area contributed by atoms with Gasteiger partial charge in [-0.25, -0.2) is 4.68 Å². The van der Waals surface area contributed by atoms with E-state index in [9.17, 15) is 18.0 Å². The molecule has 140 valence electrons. The summed E-state index contributed by atoms with van der Waals surface area (Å²) in [5, 5.41) is 9.81. The molecule has 3 rings (SSSR count). The molecule has 0 aliphatic carbocycles. The highest BCUT2D eigenvalue weighted by Crippen LogP contribution is 2.34. The van der Waals surface area contributed by atoms with E-state index in [0.29, 0.717) is 17.7 Å². The van der Waals surface area contributed by atoms with Gasteiger partial charge in [-0.05, 0) is 44.0 Å². The van der Waals surface area contributed by atoms with Gasteiger partial charge < -0.3 is 10.6 Å². The van der Waals surface area contributed by atoms with Crippen LogP contribution < -0.4 is 10.6 Å². The molecule has 2 aromatic rings. The van der Waals surface area contributed by atoms with Crippen molar-refractivity contribution in [3.63, 3.8) is 0 Å². The fourth-order valence-electron chi connectivity index (χ4n) is 3.25. The van der Waals surface area contributed by atoms with E-state index >= 15 is 0 Å². The molecule has 2 unspecified atom stereocenters. The van der Waals surface area contributed by atoms with Gasteiger partial charge in [0, 0.05) is 6.04 Å². The third kappa shape index (κ3) is 3.60. The van der Waals surface area contributed by atoms with Gasteiger partial charge in [-0.15, -0.1) is 0 Å². The van der Waals surface area contributed by atoms with Crippen LogP contribution in [0.2, 0.25) is 0 Å². The van der Waals surface area contributed by atoms with Crippen LogP contribution in [0.15, 0.2) is 30.5 Å². The van der Waals surface area contributed by atoms with Crippen molar-refractivity contribution in [2.24, 2.45) is 5.92 Å². The maximum atomic E-state index is 13.7. The lowest BCUT2D eigenvalue weighted by Gasteiger charge is -2.30. The Labute approximate surface area is 149 Å². The Kier molecular flexibility index (Phi) is 5.04. The highest BCUT2D eigenvalue weighted by Gasteiger charge is 2.41. The Balaban J connectivity index is 1.97. The Hall–Kier alpha value is -2.35. The van der Waals surface area contributed by atoms with Crippen molar-refractivity contribution in [2.75, 3.05) is 13.1 Å². The van der Waals surface area contributed by atoms with E-state index in [4.69, 9.17) is 0 Å². The van der Waals surface area contributed by atoms with E-state index in [0.717, 1.165) is 24.0 Å². The molecule has 2 atom stereocenters. The molecule has 2 heterocycles. The lowest BCUT2D eigenvalue weighted by molar-refractivity contribution is -0.143. The maximum Gasteiger partial charge on any atom is 0.434 e. The first-order valence-electron chi connectivity index (χ1n) is 8.52. The molecular formula is C18H21F3N4O. The number of alkyl halides is 3. The van der Waals surface area contributed by atoms with Crippen LogP contribution in [0.3, 0.4) is 0 Å². The first kappa shape index (κ1) is 18.4. The summed E-state index contributed by atoms with van der Waals surface area (Å²) >= 11 is 0. The summed E-state index contributed by atoms with van der Waals surface area (Å²) < 4.78 is 42.0. The van der Waals surface area contributed by atoms with Gasteiger partial charge in [0.15, 0.2) is 5.69 Å². The van der Waals surface area contributed by atoms with E-state index < -0.39 is 23.3 Å². The molecule has 1 aromatic carbocycles. The van der Waals surface area contributed by atoms with Crippen LogP contribution >= 0.6 is 0 Å². The monoisotopic (exact) mass is 366 g/mol. The highest BCUT2D eigenvalue weighted by atomic mass is 19.4. The predicted molar refractivity (Wildman–Crippen MR) is 91.2 cm³/mol. The number of halogens is 3. The summed E-state index contributed by atoms with van der Waals surface area (Å²) in [7, 11) is 0. The topological polar surface area (TPSA) is 59.0 Å². The molecule has 2 N–H and O–H groups in total. The van der Waals surface area contributed by atoms with Crippen LogP contribution in [0.25, 0.3) is 5.69 Å². The number of hydrogen-bond donors (Lipinski definition) is 2. The minimum atomic E-state index is -4.70. The molecule has 1 amide bonds. The largest absolute Gasteiger partial charge is 0.434 e. The van der Waals surface area contributed by atoms with Gasteiger partial charge in [-0.1, -0.05) is 25.1 Å². The van der Waals surface area contributed by atoms with Crippen molar-refractivity contribution in [3.8, 4) is 5.69 Å². The fraction of sp³-hybridized carbons (Fsp3) is 0.444. The summed E-state index contributed by atoms with van der Waals surface area (Å²) in [6.45, 7) is 5.11. The number of carbonyl (C=O) groups is 1. The van der Waals surface area contributed by atoms with Crippen LogP contribution in [0.5, 0.6) is 0 Å². The Morgan fingerprint density at radius 1 is 1.35 bits per heavy atom. The number of hydrogen-bond acceptors (Lipinski definition) is 3. The molecule has 0 spiro atoms. The lowest BCUT2D eigenvalue weighted by atomic mass is 9.95. The second-order valence-electron chi connectivity index (χ2n) is 6.65. The molecule has 1 fully saturated rings. The number of amides is 1. The van der Waals surface area contributed by atoms with E-state index in [1.165, 1.54) is 0 Å². The number of nitrogens with zero attached hydrogens (tertiary/aromatic N) is 2. The molecule has 1 aliphatic rings. The summed E-state index contributed by atoms with van der Waals surface area (Å²) in [5.41, 5.74) is -0.563. The van der Waals surface area contributed by atoms with E-state index in [-0.39, 0.29) is 12.0 Å². The molecule has 0 radical (unpaired) electrons. The highest BCUT2D eigenvalue weighted by molar-refractivity contribution is 5.95. The molecule has 0 saturated carbocycles. The third-order valence-corrected chi connectivity index (χ3v) is 4.73. The maximum absolute atomic E-state index is 13.7. The first-order chi connectivity index (χ1) is 12.3. The van der Waals surface area contributed by atoms with Crippen molar-refractivity contribution in [3.05, 3.63) is 47.3 Å². The number of benzene rings is 1. The summed E-state index contributed by atoms with van der Waals surface area (Å²) in [6, 6.07) is 6.47. The van der Waals surface area contributed by atoms with Gasteiger partial charge >= 0.3 is 6.18 Å². The zero-order valence-corrected chi connectivity index (χ0v) is 14.6. The number of aromatic nitrogens is 2. The molecule has 0 bridgehead atoms. The normalized spacial score (nSPS) is 20.8. The number of para-hydroxylation sites is 1. The summed E-state index contributed by atoms with van der Waals surface area (Å²) in [6.07, 6.45) is -3.03. The van der Waals surface area contributed by atoms with Crippen molar-refractivity contribution in [1.29, 1.82) is 0 Å². The number of piperidine rings is 1. The number of carbonyl (C=O) groups excluding carboxylic acids is 1. The minimum Gasteiger partial charge on any atom is -0.349 e. The van der Waals surface area contributed by atoms with Crippen LogP contribution in [0, 0.1) is 12.8 Å². The predicted octanol–water partition coefficient (Wildman–Crippen LogP) is 2.93. The molecule has 8 heteroatoms. The van der Waals surface area contributed by atoms with Gasteiger partial charge in [0.05, 0.1) is 17.4 Å². The van der Waals surface area contributed by atoms with Crippen molar-refractivity contribution in [1.82, 2.24) is 20.4 Å². The molecular weight excluding hydrogens is 345 g/mol. The van der Waals surface area contributed by atoms with Crippen LogP contribution in [-0.2, 0) is 6.18 Å². The lowest BCUT2D eigenvalue weighted by Crippen LogP contribution is -2.48. The molecule has 5 nitrogen and oxygen atoms in total. The van der Waals surface area contributed by atoms with Crippen LogP contribution in [0.4, 0.5) is 13.2 Å². The number of rotatable bonds is 3. The first-order valence-corrected chi connectivity index (χ1v) is 8.52. The smallest absolute Gasteiger partial charge is 0.349 e. The fourth-order valence-corrected chi connectivity index (χ4v) is 3.25. The Morgan fingerprint density at radius 3 is 2.73 bits per heavy atom. The standard InChI is InChI=1S/C18H21F3N4O/c1-11-5-3-4-6-15(11)25-16(18(19,20)21)13(10-23-25)17(26)24-14-7-8-22-9-12(14)2/h3-6,10,12,14,22H,7-9H2,1-2H3,(H,24,26).